The van der Waals surface area contributed by atoms with E-state index in [2.05, 4.69) is 30.6 Å². The quantitative estimate of drug-likeness (QED) is 0.109. The lowest BCUT2D eigenvalue weighted by Crippen LogP contribution is -2.22. The molecular formula is C31H24Cl4N10O3. The summed E-state index contributed by atoms with van der Waals surface area (Å²) in [6.45, 7) is 0. The molecule has 1 amide bonds. The van der Waals surface area contributed by atoms with Crippen LogP contribution in [0.2, 0.25) is 20.1 Å². The summed E-state index contributed by atoms with van der Waals surface area (Å²) in [5.74, 6) is 0.310. The maximum Gasteiger partial charge on any atom is 0.326 e. The molecule has 0 fully saturated rings. The molecular weight excluding hydrogens is 702 g/mol. The molecule has 0 aliphatic heterocycles. The summed E-state index contributed by atoms with van der Waals surface area (Å²) in [7, 11) is 3.50. The van der Waals surface area contributed by atoms with Crippen LogP contribution in [0.25, 0.3) is 33.0 Å². The fraction of sp³-hybridized carbons (Fsp3) is 0.0645. The average Bonchev–Trinajstić information content (AvgIpc) is 3.52. The Bertz CT molecular complexity index is 2500. The number of halogens is 4. The zero-order valence-electron chi connectivity index (χ0n) is 25.0. The maximum absolute atomic E-state index is 12.3. The first-order valence-corrected chi connectivity index (χ1v) is 15.5. The van der Waals surface area contributed by atoms with Crippen molar-refractivity contribution < 1.29 is 4.79 Å². The normalized spacial score (nSPS) is 11.1. The van der Waals surface area contributed by atoms with Crippen molar-refractivity contribution in [3.8, 4) is 0 Å². The second-order valence-corrected chi connectivity index (χ2v) is 12.1. The van der Waals surface area contributed by atoms with Gasteiger partial charge in [-0.05, 0) is 48.5 Å². The van der Waals surface area contributed by atoms with Crippen molar-refractivity contribution in [3.63, 3.8) is 0 Å². The van der Waals surface area contributed by atoms with E-state index >= 15 is 0 Å². The van der Waals surface area contributed by atoms with Crippen LogP contribution in [0.1, 0.15) is 10.4 Å². The molecule has 4 aromatic carbocycles. The van der Waals surface area contributed by atoms with Crippen LogP contribution in [-0.2, 0) is 14.1 Å². The van der Waals surface area contributed by atoms with Gasteiger partial charge in [0.15, 0.2) is 0 Å². The molecule has 0 saturated carbocycles. The number of aromatic amines is 2. The molecule has 3 aromatic heterocycles. The van der Waals surface area contributed by atoms with Crippen molar-refractivity contribution >= 4 is 114 Å². The summed E-state index contributed by atoms with van der Waals surface area (Å²) in [5, 5.41) is 8.34. The third-order valence-corrected chi connectivity index (χ3v) is 8.71. The molecule has 0 unspecified atom stereocenters. The summed E-state index contributed by atoms with van der Waals surface area (Å²) in [5.41, 5.74) is 14.6. The van der Waals surface area contributed by atoms with Crippen LogP contribution in [0, 0.1) is 0 Å². The Morgan fingerprint density at radius 3 is 1.73 bits per heavy atom. The van der Waals surface area contributed by atoms with E-state index < -0.39 is 17.2 Å². The molecule has 0 bridgehead atoms. The number of para-hydroxylation sites is 2. The number of fused-ring (bicyclic) bond motifs is 4. The second kappa shape index (κ2) is 12.8. The zero-order valence-corrected chi connectivity index (χ0v) is 28.0. The van der Waals surface area contributed by atoms with Crippen molar-refractivity contribution in [1.29, 1.82) is 0 Å². The molecule has 0 spiro atoms. The molecule has 8 N–H and O–H groups in total. The van der Waals surface area contributed by atoms with Gasteiger partial charge in [-0.3, -0.25) is 14.6 Å². The molecule has 0 saturated heterocycles. The Kier molecular flexibility index (Phi) is 8.70. The highest BCUT2D eigenvalue weighted by atomic mass is 35.5. The summed E-state index contributed by atoms with van der Waals surface area (Å²) >= 11 is 24.7. The van der Waals surface area contributed by atoms with E-state index in [0.29, 0.717) is 82.0 Å². The van der Waals surface area contributed by atoms with Gasteiger partial charge in [0, 0.05) is 19.8 Å². The number of hydrogen-bond donors (Lipinski definition) is 6. The van der Waals surface area contributed by atoms with Crippen molar-refractivity contribution in [2.75, 3.05) is 16.4 Å². The number of H-pyrrole nitrogens is 2. The standard InChI is InChI=1S/C16H11Cl2N5O2.C15H13Cl2N5O/c1-23-13-10(6-5-9-11(13)14(24)22-16(25)20-9)19-15(23)21-12-7(17)3-2-4-8(12)18;1-22-13-10(6-5-9(18)11(13)14(19)23)20-15(22)21-12-7(16)3-2-4-8(12)17/h2-6H,1H3,(H,19,21)(H2,20,22,24,25);2-6H,18H2,1H3,(H2,19,23)(H,20,21). The number of hydrogen-bond acceptors (Lipinski definition) is 8. The Hall–Kier alpha value is -5.21. The van der Waals surface area contributed by atoms with Crippen molar-refractivity contribution in [3.05, 3.63) is 107 Å². The summed E-state index contributed by atoms with van der Waals surface area (Å²) in [6.07, 6.45) is 0. The van der Waals surface area contributed by atoms with E-state index in [1.807, 2.05) is 0 Å². The van der Waals surface area contributed by atoms with Crippen LogP contribution < -0.4 is 33.3 Å². The Morgan fingerprint density at radius 1 is 0.729 bits per heavy atom. The summed E-state index contributed by atoms with van der Waals surface area (Å²) in [6, 6.07) is 17.0. The molecule has 48 heavy (non-hydrogen) atoms. The van der Waals surface area contributed by atoms with E-state index in [1.54, 1.807) is 83.9 Å². The number of rotatable bonds is 5. The minimum absolute atomic E-state index is 0.232. The predicted octanol–water partition coefficient (Wildman–Crippen LogP) is 6.46. The minimum atomic E-state index is -0.613. The van der Waals surface area contributed by atoms with Crippen LogP contribution in [0.15, 0.2) is 70.3 Å². The average molecular weight is 726 g/mol. The van der Waals surface area contributed by atoms with E-state index in [0.717, 1.165) is 0 Å². The van der Waals surface area contributed by atoms with E-state index in [1.165, 1.54) is 0 Å². The monoisotopic (exact) mass is 724 g/mol. The first-order chi connectivity index (χ1) is 22.8. The summed E-state index contributed by atoms with van der Waals surface area (Å²) in [4.78, 5) is 49.2. The number of anilines is 5. The van der Waals surface area contributed by atoms with Gasteiger partial charge < -0.3 is 36.2 Å². The van der Waals surface area contributed by atoms with Gasteiger partial charge in [0.05, 0.1) is 70.0 Å². The lowest BCUT2D eigenvalue weighted by molar-refractivity contribution is 0.100. The van der Waals surface area contributed by atoms with Gasteiger partial charge in [-0.1, -0.05) is 58.5 Å². The minimum Gasteiger partial charge on any atom is -0.398 e. The topological polar surface area (TPSA) is 195 Å². The SMILES string of the molecule is Cn1c(Nc2c(Cl)cccc2Cl)nc2ccc(N)c(C(N)=O)c21.Cn1c(Nc2c(Cl)cccc2Cl)nc2ccc3[nH]c(=O)[nH]c(=O)c3c21. The van der Waals surface area contributed by atoms with Gasteiger partial charge in [-0.2, -0.15) is 0 Å². The van der Waals surface area contributed by atoms with E-state index in [9.17, 15) is 14.4 Å². The smallest absolute Gasteiger partial charge is 0.326 e. The number of nitrogens with two attached hydrogens (primary N) is 2. The van der Waals surface area contributed by atoms with E-state index in [4.69, 9.17) is 57.9 Å². The van der Waals surface area contributed by atoms with Crippen LogP contribution in [0.3, 0.4) is 0 Å². The number of aromatic nitrogens is 6. The lowest BCUT2D eigenvalue weighted by atomic mass is 10.1. The van der Waals surface area contributed by atoms with Crippen LogP contribution in [0.4, 0.5) is 29.0 Å². The van der Waals surface area contributed by atoms with Gasteiger partial charge in [0.2, 0.25) is 11.9 Å². The number of nitrogens with zero attached hydrogens (tertiary/aromatic N) is 4. The Morgan fingerprint density at radius 2 is 1.21 bits per heavy atom. The molecule has 0 aliphatic carbocycles. The van der Waals surface area contributed by atoms with Gasteiger partial charge in [-0.25, -0.2) is 14.8 Å². The first kappa shape index (κ1) is 32.7. The second-order valence-electron chi connectivity index (χ2n) is 10.5. The summed E-state index contributed by atoms with van der Waals surface area (Å²) < 4.78 is 3.40. The lowest BCUT2D eigenvalue weighted by Gasteiger charge is -2.10. The number of nitrogen functional groups attached to an aromatic ring is 1. The maximum atomic E-state index is 12.3. The van der Waals surface area contributed by atoms with Gasteiger partial charge in [-0.15, -0.1) is 0 Å². The number of nitrogens with one attached hydrogen (secondary N) is 4. The molecule has 7 aromatic rings. The van der Waals surface area contributed by atoms with Gasteiger partial charge in [0.25, 0.3) is 11.5 Å². The largest absolute Gasteiger partial charge is 0.398 e. The number of primary amides is 1. The molecule has 0 atom stereocenters. The van der Waals surface area contributed by atoms with E-state index in [-0.39, 0.29) is 5.56 Å². The molecule has 3 heterocycles. The Labute approximate surface area is 290 Å². The van der Waals surface area contributed by atoms with Gasteiger partial charge in [0.1, 0.15) is 0 Å². The molecule has 0 radical (unpaired) electrons. The van der Waals surface area contributed by atoms with Crippen molar-refractivity contribution in [2.45, 2.75) is 0 Å². The number of carbonyl (C=O) groups is 1. The van der Waals surface area contributed by atoms with Crippen LogP contribution in [0.5, 0.6) is 0 Å². The number of amides is 1. The van der Waals surface area contributed by atoms with Gasteiger partial charge >= 0.3 is 5.69 Å². The Balaban J connectivity index is 0.000000168. The van der Waals surface area contributed by atoms with Crippen LogP contribution >= 0.6 is 46.4 Å². The first-order valence-electron chi connectivity index (χ1n) is 13.9. The third-order valence-electron chi connectivity index (χ3n) is 7.45. The van der Waals surface area contributed by atoms with Crippen molar-refractivity contribution in [2.24, 2.45) is 19.8 Å². The highest BCUT2D eigenvalue weighted by Crippen LogP contribution is 2.35. The number of aryl methyl sites for hydroxylation is 2. The molecule has 17 heteroatoms. The third kappa shape index (κ3) is 5.88. The molecule has 13 nitrogen and oxygen atoms in total. The fourth-order valence-corrected chi connectivity index (χ4v) is 6.20. The molecule has 0 aliphatic rings. The highest BCUT2D eigenvalue weighted by Gasteiger charge is 2.19. The number of imidazole rings is 2. The number of benzene rings is 4. The fourth-order valence-electron chi connectivity index (χ4n) is 5.22. The highest BCUT2D eigenvalue weighted by molar-refractivity contribution is 6.39. The zero-order chi connectivity index (χ0) is 34.4. The van der Waals surface area contributed by atoms with Crippen molar-refractivity contribution in [1.82, 2.24) is 29.1 Å². The number of carbonyl (C=O) groups excluding carboxylic acids is 1. The molecule has 244 valence electrons. The van der Waals surface area contributed by atoms with Crippen LogP contribution in [-0.4, -0.2) is 35.0 Å². The molecule has 7 rings (SSSR count). The predicted molar refractivity (Wildman–Crippen MR) is 193 cm³/mol.